The molecule has 0 unspecified atom stereocenters. The van der Waals surface area contributed by atoms with Crippen LogP contribution in [0.3, 0.4) is 0 Å². The lowest BCUT2D eigenvalue weighted by atomic mass is 9.70. The first-order valence-corrected chi connectivity index (χ1v) is 5.15. The van der Waals surface area contributed by atoms with Crippen LogP contribution in [-0.4, -0.2) is 6.54 Å². The van der Waals surface area contributed by atoms with Gasteiger partial charge in [0.2, 0.25) is 0 Å². The quantitative estimate of drug-likeness (QED) is 0.750. The van der Waals surface area contributed by atoms with Crippen LogP contribution in [0, 0.1) is 5.92 Å². The fourth-order valence-electron chi connectivity index (χ4n) is 2.20. The van der Waals surface area contributed by atoms with Crippen LogP contribution in [0.5, 0.6) is 0 Å². The highest BCUT2D eigenvalue weighted by Gasteiger charge is 2.28. The number of rotatable bonds is 3. The van der Waals surface area contributed by atoms with Crippen molar-refractivity contribution in [3.8, 4) is 0 Å². The van der Waals surface area contributed by atoms with E-state index >= 15 is 0 Å². The highest BCUT2D eigenvalue weighted by Crippen LogP contribution is 2.42. The molecule has 1 saturated carbocycles. The lowest BCUT2D eigenvalue weighted by Gasteiger charge is -2.35. The molecule has 0 saturated heterocycles. The first-order chi connectivity index (χ1) is 6.40. The fraction of sp³-hybridized carbons (Fsp3) is 0.500. The Morgan fingerprint density at radius 2 is 1.85 bits per heavy atom. The van der Waals surface area contributed by atoms with E-state index in [1.54, 1.807) is 0 Å². The van der Waals surface area contributed by atoms with Crippen molar-refractivity contribution in [1.29, 1.82) is 0 Å². The Bertz CT molecular complexity index is 249. The highest BCUT2D eigenvalue weighted by molar-refractivity contribution is 5.21. The zero-order chi connectivity index (χ0) is 9.10. The molecule has 1 aromatic rings. The number of hydrogen-bond donors (Lipinski definition) is 1. The van der Waals surface area contributed by atoms with E-state index in [9.17, 15) is 0 Å². The van der Waals surface area contributed by atoms with Crippen LogP contribution in [0.25, 0.3) is 0 Å². The maximum atomic E-state index is 5.52. The summed E-state index contributed by atoms with van der Waals surface area (Å²) in [5.74, 6) is 1.72. The van der Waals surface area contributed by atoms with E-state index in [0.29, 0.717) is 0 Å². The Kier molecular flexibility index (Phi) is 2.65. The molecule has 0 amide bonds. The van der Waals surface area contributed by atoms with Crippen molar-refractivity contribution >= 4 is 0 Å². The Hall–Kier alpha value is -0.820. The smallest absolute Gasteiger partial charge is 0.00746 e. The molecule has 0 spiro atoms. The summed E-state index contributed by atoms with van der Waals surface area (Å²) in [6.07, 6.45) is 3.91. The maximum absolute atomic E-state index is 5.52. The molecule has 70 valence electrons. The third-order valence-corrected chi connectivity index (χ3v) is 3.08. The molecule has 0 bridgehead atoms. The minimum absolute atomic E-state index is 0.817. The zero-order valence-electron chi connectivity index (χ0n) is 7.95. The summed E-state index contributed by atoms with van der Waals surface area (Å²) >= 11 is 0. The average molecular weight is 175 g/mol. The molecule has 0 radical (unpaired) electrons. The van der Waals surface area contributed by atoms with Crippen LogP contribution < -0.4 is 5.73 Å². The van der Waals surface area contributed by atoms with Gasteiger partial charge in [0.1, 0.15) is 0 Å². The zero-order valence-corrected chi connectivity index (χ0v) is 7.95. The van der Waals surface area contributed by atoms with Gasteiger partial charge in [-0.2, -0.15) is 0 Å². The summed E-state index contributed by atoms with van der Waals surface area (Å²) in [6.45, 7) is 0.853. The topological polar surface area (TPSA) is 26.0 Å². The molecular weight excluding hydrogens is 158 g/mol. The highest BCUT2D eigenvalue weighted by atomic mass is 14.5. The van der Waals surface area contributed by atoms with Crippen molar-refractivity contribution in [3.63, 3.8) is 0 Å². The third kappa shape index (κ3) is 1.92. The largest absolute Gasteiger partial charge is 0.330 e. The van der Waals surface area contributed by atoms with Crippen molar-refractivity contribution in [2.45, 2.75) is 25.2 Å². The van der Waals surface area contributed by atoms with Gasteiger partial charge in [-0.15, -0.1) is 0 Å². The molecule has 0 heterocycles. The first kappa shape index (κ1) is 8.76. The second-order valence-electron chi connectivity index (χ2n) is 4.02. The van der Waals surface area contributed by atoms with Gasteiger partial charge in [0.15, 0.2) is 0 Å². The minimum Gasteiger partial charge on any atom is -0.330 e. The Balaban J connectivity index is 1.87. The molecule has 1 aliphatic carbocycles. The summed E-state index contributed by atoms with van der Waals surface area (Å²) in [5, 5.41) is 0. The second-order valence-corrected chi connectivity index (χ2v) is 4.02. The standard InChI is InChI=1S/C12H17N/c13-7-6-10-8-12(9-10)11-4-2-1-3-5-11/h1-5,10,12H,6-9,13H2. The molecule has 0 atom stereocenters. The van der Waals surface area contributed by atoms with Crippen LogP contribution in [-0.2, 0) is 0 Å². The molecule has 2 N–H and O–H groups in total. The number of nitrogens with two attached hydrogens (primary N) is 1. The van der Waals surface area contributed by atoms with Gasteiger partial charge in [-0.3, -0.25) is 0 Å². The van der Waals surface area contributed by atoms with E-state index in [0.717, 1.165) is 18.4 Å². The van der Waals surface area contributed by atoms with Crippen LogP contribution in [0.4, 0.5) is 0 Å². The van der Waals surface area contributed by atoms with E-state index in [-0.39, 0.29) is 0 Å². The first-order valence-electron chi connectivity index (χ1n) is 5.15. The minimum atomic E-state index is 0.817. The van der Waals surface area contributed by atoms with Crippen LogP contribution in [0.2, 0.25) is 0 Å². The molecule has 1 heteroatoms. The van der Waals surface area contributed by atoms with Gasteiger partial charge >= 0.3 is 0 Å². The number of hydrogen-bond acceptors (Lipinski definition) is 1. The van der Waals surface area contributed by atoms with Gasteiger partial charge < -0.3 is 5.73 Å². The Morgan fingerprint density at radius 1 is 1.15 bits per heavy atom. The van der Waals surface area contributed by atoms with E-state index in [2.05, 4.69) is 30.3 Å². The monoisotopic (exact) mass is 175 g/mol. The van der Waals surface area contributed by atoms with E-state index in [4.69, 9.17) is 5.73 Å². The predicted octanol–water partition coefficient (Wildman–Crippen LogP) is 2.53. The molecule has 0 aromatic heterocycles. The molecule has 1 nitrogen and oxygen atoms in total. The normalized spacial score (nSPS) is 26.8. The average Bonchev–Trinajstić information content (AvgIpc) is 2.12. The lowest BCUT2D eigenvalue weighted by molar-refractivity contribution is 0.251. The summed E-state index contributed by atoms with van der Waals surface area (Å²) in [4.78, 5) is 0. The maximum Gasteiger partial charge on any atom is -0.00746 e. The summed E-state index contributed by atoms with van der Waals surface area (Å²) in [7, 11) is 0. The van der Waals surface area contributed by atoms with E-state index in [1.165, 1.54) is 24.8 Å². The van der Waals surface area contributed by atoms with Gasteiger partial charge in [0, 0.05) is 0 Å². The van der Waals surface area contributed by atoms with Gasteiger partial charge in [-0.05, 0) is 43.2 Å². The third-order valence-electron chi connectivity index (χ3n) is 3.08. The summed E-state index contributed by atoms with van der Waals surface area (Å²) in [5.41, 5.74) is 7.03. The molecule has 13 heavy (non-hydrogen) atoms. The summed E-state index contributed by atoms with van der Waals surface area (Å²) in [6, 6.07) is 10.8. The molecular formula is C12H17N. The van der Waals surface area contributed by atoms with Crippen LogP contribution in [0.1, 0.15) is 30.7 Å². The Labute approximate surface area is 80.0 Å². The van der Waals surface area contributed by atoms with Gasteiger partial charge in [0.05, 0.1) is 0 Å². The predicted molar refractivity (Wildman–Crippen MR) is 55.6 cm³/mol. The molecule has 0 aliphatic heterocycles. The molecule has 1 fully saturated rings. The van der Waals surface area contributed by atoms with Gasteiger partial charge in [-0.1, -0.05) is 30.3 Å². The SMILES string of the molecule is NCCC1CC(c2ccccc2)C1. The second kappa shape index (κ2) is 3.93. The molecule has 1 aliphatic rings. The van der Waals surface area contributed by atoms with Crippen LogP contribution in [0.15, 0.2) is 30.3 Å². The van der Waals surface area contributed by atoms with E-state index < -0.39 is 0 Å². The fourth-order valence-corrected chi connectivity index (χ4v) is 2.20. The molecule has 1 aromatic carbocycles. The van der Waals surface area contributed by atoms with Gasteiger partial charge in [0.25, 0.3) is 0 Å². The van der Waals surface area contributed by atoms with Crippen molar-refractivity contribution in [1.82, 2.24) is 0 Å². The number of benzene rings is 1. The Morgan fingerprint density at radius 3 is 2.46 bits per heavy atom. The lowest BCUT2D eigenvalue weighted by Crippen LogP contribution is -2.24. The van der Waals surface area contributed by atoms with Crippen molar-refractivity contribution in [2.75, 3.05) is 6.54 Å². The summed E-state index contributed by atoms with van der Waals surface area (Å²) < 4.78 is 0. The van der Waals surface area contributed by atoms with E-state index in [1.807, 2.05) is 0 Å². The molecule has 2 rings (SSSR count). The van der Waals surface area contributed by atoms with Gasteiger partial charge in [-0.25, -0.2) is 0 Å². The van der Waals surface area contributed by atoms with Crippen molar-refractivity contribution in [2.24, 2.45) is 11.7 Å². The van der Waals surface area contributed by atoms with Crippen molar-refractivity contribution < 1.29 is 0 Å². The van der Waals surface area contributed by atoms with Crippen LogP contribution >= 0.6 is 0 Å². The van der Waals surface area contributed by atoms with Crippen molar-refractivity contribution in [3.05, 3.63) is 35.9 Å².